The second-order valence-electron chi connectivity index (χ2n) is 13.0. The van der Waals surface area contributed by atoms with E-state index in [9.17, 15) is 19.2 Å². The molecule has 5 atom stereocenters. The molecule has 2 unspecified atom stereocenters. The van der Waals surface area contributed by atoms with E-state index in [1.165, 1.54) is 5.01 Å². The third-order valence-corrected chi connectivity index (χ3v) is 8.47. The summed E-state index contributed by atoms with van der Waals surface area (Å²) >= 11 is 0. The Hall–Kier alpha value is -3.83. The van der Waals surface area contributed by atoms with Gasteiger partial charge in [0.25, 0.3) is 11.8 Å². The molecule has 11 heteroatoms. The van der Waals surface area contributed by atoms with Crippen molar-refractivity contribution < 1.29 is 28.7 Å². The quantitative estimate of drug-likeness (QED) is 0.429. The minimum Gasteiger partial charge on any atom is -0.451 e. The highest BCUT2D eigenvalue weighted by Crippen LogP contribution is 2.22. The van der Waals surface area contributed by atoms with E-state index in [1.807, 2.05) is 64.1 Å². The van der Waals surface area contributed by atoms with Crippen LogP contribution in [0.1, 0.15) is 85.0 Å². The largest absolute Gasteiger partial charge is 0.451 e. The van der Waals surface area contributed by atoms with Gasteiger partial charge < -0.3 is 20.1 Å². The van der Waals surface area contributed by atoms with Gasteiger partial charge in [-0.05, 0) is 70.6 Å². The maximum Gasteiger partial charge on any atom is 0.315 e. The van der Waals surface area contributed by atoms with Crippen molar-refractivity contribution in [2.45, 2.75) is 97.6 Å². The molecule has 0 spiro atoms. The molecule has 0 saturated carbocycles. The number of cyclic esters (lactones) is 1. The Morgan fingerprint density at radius 2 is 1.76 bits per heavy atom. The number of ether oxygens (including phenoxy) is 2. The molecule has 5 bridgehead atoms. The molecule has 3 N–H and O–H groups in total. The second-order valence-corrected chi connectivity index (χ2v) is 13.0. The number of pyridine rings is 1. The van der Waals surface area contributed by atoms with E-state index < -0.39 is 47.5 Å². The second kappa shape index (κ2) is 14.5. The van der Waals surface area contributed by atoms with E-state index in [0.717, 1.165) is 22.9 Å². The van der Waals surface area contributed by atoms with Gasteiger partial charge in [-0.2, -0.15) is 0 Å². The Morgan fingerprint density at radius 1 is 1.04 bits per heavy atom. The van der Waals surface area contributed by atoms with Gasteiger partial charge in [0.1, 0.15) is 12.1 Å². The predicted molar refractivity (Wildman–Crippen MR) is 171 cm³/mol. The maximum absolute atomic E-state index is 13.6. The number of hydrogen-bond acceptors (Lipinski definition) is 8. The molecule has 1 aromatic carbocycles. The molecule has 2 aromatic rings. The van der Waals surface area contributed by atoms with Crippen molar-refractivity contribution in [3.05, 3.63) is 47.7 Å². The van der Waals surface area contributed by atoms with E-state index in [4.69, 9.17) is 14.5 Å². The van der Waals surface area contributed by atoms with Gasteiger partial charge in [0.2, 0.25) is 5.91 Å². The van der Waals surface area contributed by atoms with Crippen molar-refractivity contribution in [3.63, 3.8) is 0 Å². The number of carbonyl (C=O) groups is 4. The standard InChI is InChI=1S/C34H47N5O6/c1-8-34(6,7)44-19-25-14-12-23-11-13-24-15-16-26(37-28(24)18-23)21(4)35-30(40)27-10-9-17-39(38-27)32(42)22(5)36-31(41)29(20(2)3)45-33(25)43/h11-16,18,20-22,25,27,29,38H,8-10,17,19H2,1-7H3,(H,35,40)(H,36,41)/b14-12+/t21-,22+,25?,27+,29?/m1/s1. The summed E-state index contributed by atoms with van der Waals surface area (Å²) in [5.74, 6) is -2.96. The normalized spacial score (nSPS) is 26.4. The third-order valence-electron chi connectivity index (χ3n) is 8.47. The first-order valence-electron chi connectivity index (χ1n) is 15.9. The van der Waals surface area contributed by atoms with Crippen molar-refractivity contribution >= 4 is 40.7 Å². The van der Waals surface area contributed by atoms with E-state index in [2.05, 4.69) is 16.1 Å². The van der Waals surface area contributed by atoms with Crippen LogP contribution in [0.2, 0.25) is 0 Å². The van der Waals surface area contributed by atoms with Crippen molar-refractivity contribution in [1.82, 2.24) is 26.1 Å². The average Bonchev–Trinajstić information content (AvgIpc) is 3.01. The first-order valence-corrected chi connectivity index (χ1v) is 15.9. The molecule has 3 amide bonds. The molecule has 2 aliphatic heterocycles. The summed E-state index contributed by atoms with van der Waals surface area (Å²) in [5.41, 5.74) is 4.82. The maximum atomic E-state index is 13.6. The van der Waals surface area contributed by atoms with Crippen LogP contribution in [0.25, 0.3) is 17.0 Å². The Labute approximate surface area is 265 Å². The fraction of sp³-hybridized carbons (Fsp3) is 0.559. The zero-order valence-corrected chi connectivity index (χ0v) is 27.4. The van der Waals surface area contributed by atoms with Crippen LogP contribution >= 0.6 is 0 Å². The van der Waals surface area contributed by atoms with Crippen LogP contribution in [0.4, 0.5) is 0 Å². The van der Waals surface area contributed by atoms with Crippen LogP contribution in [-0.2, 0) is 28.7 Å². The summed E-state index contributed by atoms with van der Waals surface area (Å²) in [6, 6.07) is 7.72. The number of carbonyl (C=O) groups excluding carboxylic acids is 4. The lowest BCUT2D eigenvalue weighted by Crippen LogP contribution is -2.61. The first-order chi connectivity index (χ1) is 21.3. The fourth-order valence-electron chi connectivity index (χ4n) is 5.16. The monoisotopic (exact) mass is 621 g/mol. The lowest BCUT2D eigenvalue weighted by Gasteiger charge is -2.35. The molecule has 0 radical (unpaired) electrons. The molecule has 2 aliphatic rings. The third kappa shape index (κ3) is 8.67. The molecule has 4 rings (SSSR count). The Morgan fingerprint density at radius 3 is 2.47 bits per heavy atom. The molecule has 3 heterocycles. The number of hydrazine groups is 1. The van der Waals surface area contributed by atoms with Crippen LogP contribution in [-0.4, -0.2) is 70.6 Å². The van der Waals surface area contributed by atoms with Crippen LogP contribution in [0, 0.1) is 11.8 Å². The van der Waals surface area contributed by atoms with Gasteiger partial charge in [-0.1, -0.05) is 51.1 Å². The zero-order chi connectivity index (χ0) is 32.9. The SMILES string of the molecule is CCC(C)(C)OCC1/C=C/c2ccc3ccc(nc3c2)[C@@H](C)NC(=O)[C@@H]2CCCN(N2)C(=O)[C@H](C)NC(=O)C(C(C)C)OC1=O. The van der Waals surface area contributed by atoms with Crippen LogP contribution in [0.3, 0.4) is 0 Å². The lowest BCUT2D eigenvalue weighted by atomic mass is 10.0. The molecule has 1 aromatic heterocycles. The van der Waals surface area contributed by atoms with Gasteiger partial charge in [-0.15, -0.1) is 0 Å². The topological polar surface area (TPSA) is 139 Å². The minimum atomic E-state index is -1.13. The summed E-state index contributed by atoms with van der Waals surface area (Å²) in [6.45, 7) is 13.4. The summed E-state index contributed by atoms with van der Waals surface area (Å²) in [5, 5.41) is 8.05. The number of benzene rings is 1. The summed E-state index contributed by atoms with van der Waals surface area (Å²) in [4.78, 5) is 58.4. The van der Waals surface area contributed by atoms with E-state index in [0.29, 0.717) is 25.1 Å². The summed E-state index contributed by atoms with van der Waals surface area (Å²) in [7, 11) is 0. The molecule has 45 heavy (non-hydrogen) atoms. The Bertz CT molecular complexity index is 1440. The van der Waals surface area contributed by atoms with Crippen molar-refractivity contribution in [2.24, 2.45) is 11.8 Å². The lowest BCUT2D eigenvalue weighted by molar-refractivity contribution is -0.164. The number of fused-ring (bicyclic) bond motifs is 4. The molecule has 1 fully saturated rings. The van der Waals surface area contributed by atoms with Crippen molar-refractivity contribution in [2.75, 3.05) is 13.2 Å². The first kappa shape index (κ1) is 34.1. The van der Waals surface area contributed by atoms with Crippen molar-refractivity contribution in [3.8, 4) is 0 Å². The molecule has 1 saturated heterocycles. The summed E-state index contributed by atoms with van der Waals surface area (Å²) < 4.78 is 11.9. The summed E-state index contributed by atoms with van der Waals surface area (Å²) in [6.07, 6.45) is 4.32. The van der Waals surface area contributed by atoms with Crippen LogP contribution < -0.4 is 16.1 Å². The van der Waals surface area contributed by atoms with Gasteiger partial charge in [0, 0.05) is 11.9 Å². The van der Waals surface area contributed by atoms with E-state index >= 15 is 0 Å². The number of aromatic nitrogens is 1. The van der Waals surface area contributed by atoms with Gasteiger partial charge in [0.15, 0.2) is 6.10 Å². The number of nitrogens with one attached hydrogen (secondary N) is 3. The van der Waals surface area contributed by atoms with Gasteiger partial charge in [-0.25, -0.2) is 5.43 Å². The number of esters is 1. The van der Waals surface area contributed by atoms with Gasteiger partial charge in [-0.3, -0.25) is 29.2 Å². The molecule has 11 nitrogen and oxygen atoms in total. The molecule has 244 valence electrons. The number of nitrogens with zero attached hydrogens (tertiary/aromatic N) is 2. The molecule has 0 aliphatic carbocycles. The highest BCUT2D eigenvalue weighted by Gasteiger charge is 2.35. The van der Waals surface area contributed by atoms with Crippen LogP contribution in [0.15, 0.2) is 36.4 Å². The Balaban J connectivity index is 1.72. The average molecular weight is 622 g/mol. The zero-order valence-electron chi connectivity index (χ0n) is 27.4. The molecular formula is C34H47N5O6. The number of amides is 3. The Kier molecular flexibility index (Phi) is 11.0. The predicted octanol–water partition coefficient (Wildman–Crippen LogP) is 3.83. The van der Waals surface area contributed by atoms with Crippen molar-refractivity contribution in [1.29, 1.82) is 0 Å². The van der Waals surface area contributed by atoms with E-state index in [-0.39, 0.29) is 24.5 Å². The smallest absolute Gasteiger partial charge is 0.315 e. The molecular weight excluding hydrogens is 574 g/mol. The minimum absolute atomic E-state index is 0.0620. The van der Waals surface area contributed by atoms with Gasteiger partial charge in [0.05, 0.1) is 35.4 Å². The number of rotatable bonds is 5. The van der Waals surface area contributed by atoms with Crippen LogP contribution in [0.5, 0.6) is 0 Å². The highest BCUT2D eigenvalue weighted by atomic mass is 16.6. The number of hydrogen-bond donors (Lipinski definition) is 3. The van der Waals surface area contributed by atoms with E-state index in [1.54, 1.807) is 26.8 Å². The van der Waals surface area contributed by atoms with Gasteiger partial charge >= 0.3 is 5.97 Å². The fourth-order valence-corrected chi connectivity index (χ4v) is 5.16. The highest BCUT2D eigenvalue weighted by molar-refractivity contribution is 5.91.